The molecule has 0 bridgehead atoms. The summed E-state index contributed by atoms with van der Waals surface area (Å²) in [6.07, 6.45) is 0.982. The number of benzene rings is 1. The summed E-state index contributed by atoms with van der Waals surface area (Å²) in [5.74, 6) is 3.89. The highest BCUT2D eigenvalue weighted by atomic mass is 127. The molecule has 27 heavy (non-hydrogen) atoms. The summed E-state index contributed by atoms with van der Waals surface area (Å²) in [5, 5.41) is 6.71. The molecule has 1 fully saturated rings. The Kier molecular flexibility index (Phi) is 12.9. The Balaban J connectivity index is 0.00000364. The molecule has 2 rings (SSSR count). The molecule has 0 unspecified atom stereocenters. The first-order valence-electron chi connectivity index (χ1n) is 9.63. The standard InChI is InChI=1S/C20H34N4OS.HI/c1-17(2)16-25-12-4-9-22-20(21-3)23-15-18-5-7-19(8-6-18)24-10-13-26-14-11-24;/h5-8,17H,4,9-16H2,1-3H3,(H2,21,22,23);1H. The van der Waals surface area contributed by atoms with E-state index in [1.807, 2.05) is 18.8 Å². The maximum atomic E-state index is 5.60. The van der Waals surface area contributed by atoms with Crippen LogP contribution < -0.4 is 15.5 Å². The third-order valence-electron chi connectivity index (χ3n) is 4.21. The van der Waals surface area contributed by atoms with Gasteiger partial charge in [0.1, 0.15) is 0 Å². The third-order valence-corrected chi connectivity index (χ3v) is 5.15. The van der Waals surface area contributed by atoms with E-state index >= 15 is 0 Å². The van der Waals surface area contributed by atoms with Crippen molar-refractivity contribution in [1.82, 2.24) is 10.6 Å². The molecule has 1 aliphatic heterocycles. The van der Waals surface area contributed by atoms with Gasteiger partial charge in [0.2, 0.25) is 0 Å². The summed E-state index contributed by atoms with van der Waals surface area (Å²) in [4.78, 5) is 6.75. The highest BCUT2D eigenvalue weighted by molar-refractivity contribution is 14.0. The molecule has 0 spiro atoms. The van der Waals surface area contributed by atoms with Crippen LogP contribution in [0.25, 0.3) is 0 Å². The van der Waals surface area contributed by atoms with Crippen LogP contribution in [-0.2, 0) is 11.3 Å². The minimum Gasteiger partial charge on any atom is -0.381 e. The van der Waals surface area contributed by atoms with E-state index in [4.69, 9.17) is 4.74 Å². The normalized spacial score (nSPS) is 14.8. The fourth-order valence-corrected chi connectivity index (χ4v) is 3.66. The molecule has 1 aliphatic rings. The Labute approximate surface area is 186 Å². The number of hydrogen-bond donors (Lipinski definition) is 2. The highest BCUT2D eigenvalue weighted by Crippen LogP contribution is 2.19. The third kappa shape index (κ3) is 9.89. The zero-order valence-electron chi connectivity index (χ0n) is 16.9. The van der Waals surface area contributed by atoms with Crippen LogP contribution in [0.2, 0.25) is 0 Å². The summed E-state index contributed by atoms with van der Waals surface area (Å²) in [6, 6.07) is 8.87. The van der Waals surface area contributed by atoms with Gasteiger partial charge in [-0.15, -0.1) is 24.0 Å². The smallest absolute Gasteiger partial charge is 0.191 e. The predicted molar refractivity (Wildman–Crippen MR) is 130 cm³/mol. The first-order valence-corrected chi connectivity index (χ1v) is 10.8. The second-order valence-corrected chi connectivity index (χ2v) is 8.17. The summed E-state index contributed by atoms with van der Waals surface area (Å²) >= 11 is 2.04. The Morgan fingerprint density at radius 3 is 2.52 bits per heavy atom. The van der Waals surface area contributed by atoms with Crippen LogP contribution in [0, 0.1) is 5.92 Å². The number of nitrogens with zero attached hydrogens (tertiary/aromatic N) is 2. The first-order chi connectivity index (χ1) is 12.7. The molecular weight excluding hydrogens is 471 g/mol. The minimum atomic E-state index is 0. The molecule has 1 heterocycles. The lowest BCUT2D eigenvalue weighted by Gasteiger charge is -2.28. The van der Waals surface area contributed by atoms with Crippen LogP contribution in [0.4, 0.5) is 5.69 Å². The highest BCUT2D eigenvalue weighted by Gasteiger charge is 2.10. The van der Waals surface area contributed by atoms with Crippen molar-refractivity contribution in [3.05, 3.63) is 29.8 Å². The number of anilines is 1. The van der Waals surface area contributed by atoms with Crippen LogP contribution in [0.5, 0.6) is 0 Å². The molecule has 0 aromatic heterocycles. The molecule has 1 aromatic rings. The zero-order valence-corrected chi connectivity index (χ0v) is 20.0. The lowest BCUT2D eigenvalue weighted by atomic mass is 10.2. The largest absolute Gasteiger partial charge is 0.381 e. The second kappa shape index (κ2) is 14.3. The van der Waals surface area contributed by atoms with E-state index in [2.05, 4.69) is 58.6 Å². The van der Waals surface area contributed by atoms with E-state index in [9.17, 15) is 0 Å². The number of hydrogen-bond acceptors (Lipinski definition) is 4. The van der Waals surface area contributed by atoms with Crippen molar-refractivity contribution in [2.45, 2.75) is 26.8 Å². The molecule has 0 atom stereocenters. The number of ether oxygens (including phenoxy) is 1. The van der Waals surface area contributed by atoms with E-state index in [0.717, 1.165) is 51.8 Å². The van der Waals surface area contributed by atoms with Gasteiger partial charge in [0, 0.05) is 63.6 Å². The molecule has 0 radical (unpaired) electrons. The molecule has 1 saturated heterocycles. The van der Waals surface area contributed by atoms with E-state index in [1.165, 1.54) is 22.8 Å². The Hall–Kier alpha value is -0.670. The van der Waals surface area contributed by atoms with Gasteiger partial charge >= 0.3 is 0 Å². The molecule has 5 nitrogen and oxygen atoms in total. The molecule has 0 aliphatic carbocycles. The van der Waals surface area contributed by atoms with E-state index < -0.39 is 0 Å². The summed E-state index contributed by atoms with van der Waals surface area (Å²) in [6.45, 7) is 9.91. The molecule has 7 heteroatoms. The number of thioether (sulfide) groups is 1. The second-order valence-electron chi connectivity index (χ2n) is 6.94. The first kappa shape index (κ1) is 24.4. The lowest BCUT2D eigenvalue weighted by molar-refractivity contribution is 0.108. The minimum absolute atomic E-state index is 0. The van der Waals surface area contributed by atoms with Gasteiger partial charge in [-0.05, 0) is 30.0 Å². The SMILES string of the molecule is CN=C(NCCCOCC(C)C)NCc1ccc(N2CCSCC2)cc1.I. The topological polar surface area (TPSA) is 48.9 Å². The Morgan fingerprint density at radius 2 is 1.89 bits per heavy atom. The van der Waals surface area contributed by atoms with Gasteiger partial charge < -0.3 is 20.3 Å². The number of rotatable bonds is 9. The summed E-state index contributed by atoms with van der Waals surface area (Å²) in [5.41, 5.74) is 2.60. The van der Waals surface area contributed by atoms with Crippen LogP contribution >= 0.6 is 35.7 Å². The van der Waals surface area contributed by atoms with Crippen molar-refractivity contribution in [2.75, 3.05) is 56.3 Å². The fourth-order valence-electron chi connectivity index (χ4n) is 2.75. The van der Waals surface area contributed by atoms with E-state index in [0.29, 0.717) is 5.92 Å². The van der Waals surface area contributed by atoms with Crippen molar-refractivity contribution >= 4 is 47.4 Å². The lowest BCUT2D eigenvalue weighted by Crippen LogP contribution is -2.37. The van der Waals surface area contributed by atoms with Crippen LogP contribution in [0.3, 0.4) is 0 Å². The zero-order chi connectivity index (χ0) is 18.6. The molecule has 2 N–H and O–H groups in total. The number of nitrogens with one attached hydrogen (secondary N) is 2. The number of aliphatic imine (C=N–C) groups is 1. The predicted octanol–water partition coefficient (Wildman–Crippen LogP) is 3.59. The summed E-state index contributed by atoms with van der Waals surface area (Å²) < 4.78 is 5.60. The molecular formula is C20H35IN4OS. The maximum Gasteiger partial charge on any atom is 0.191 e. The van der Waals surface area contributed by atoms with Gasteiger partial charge in [-0.2, -0.15) is 11.8 Å². The quantitative estimate of drug-likeness (QED) is 0.232. The van der Waals surface area contributed by atoms with Crippen molar-refractivity contribution in [1.29, 1.82) is 0 Å². The van der Waals surface area contributed by atoms with Gasteiger partial charge in [-0.1, -0.05) is 26.0 Å². The van der Waals surface area contributed by atoms with Gasteiger partial charge in [0.05, 0.1) is 0 Å². The van der Waals surface area contributed by atoms with Crippen LogP contribution in [0.1, 0.15) is 25.8 Å². The van der Waals surface area contributed by atoms with Crippen molar-refractivity contribution < 1.29 is 4.74 Å². The van der Waals surface area contributed by atoms with Gasteiger partial charge in [-0.3, -0.25) is 4.99 Å². The average molecular weight is 506 g/mol. The van der Waals surface area contributed by atoms with Crippen molar-refractivity contribution in [3.63, 3.8) is 0 Å². The fraction of sp³-hybridized carbons (Fsp3) is 0.650. The maximum absolute atomic E-state index is 5.60. The van der Waals surface area contributed by atoms with E-state index in [-0.39, 0.29) is 24.0 Å². The van der Waals surface area contributed by atoms with Crippen molar-refractivity contribution in [2.24, 2.45) is 10.9 Å². The number of guanidine groups is 1. The monoisotopic (exact) mass is 506 g/mol. The Bertz CT molecular complexity index is 533. The van der Waals surface area contributed by atoms with Gasteiger partial charge in [-0.25, -0.2) is 0 Å². The van der Waals surface area contributed by atoms with E-state index in [1.54, 1.807) is 0 Å². The van der Waals surface area contributed by atoms with Crippen LogP contribution in [0.15, 0.2) is 29.3 Å². The molecule has 1 aromatic carbocycles. The Morgan fingerprint density at radius 1 is 1.19 bits per heavy atom. The molecule has 0 amide bonds. The average Bonchev–Trinajstić information content (AvgIpc) is 2.67. The number of halogens is 1. The molecule has 0 saturated carbocycles. The van der Waals surface area contributed by atoms with Crippen molar-refractivity contribution in [3.8, 4) is 0 Å². The van der Waals surface area contributed by atoms with Gasteiger partial charge in [0.25, 0.3) is 0 Å². The molecule has 154 valence electrons. The van der Waals surface area contributed by atoms with Crippen LogP contribution in [-0.4, -0.2) is 57.4 Å². The summed E-state index contributed by atoms with van der Waals surface area (Å²) in [7, 11) is 1.81. The van der Waals surface area contributed by atoms with Gasteiger partial charge in [0.15, 0.2) is 5.96 Å².